The lowest BCUT2D eigenvalue weighted by Gasteiger charge is -2.26. The summed E-state index contributed by atoms with van der Waals surface area (Å²) in [5.74, 6) is -0.671. The molecule has 1 fully saturated rings. The Morgan fingerprint density at radius 1 is 1.08 bits per heavy atom. The molecule has 2 heterocycles. The number of aromatic carboxylic acids is 1. The largest absolute Gasteiger partial charge is 0.497 e. The van der Waals surface area contributed by atoms with Crippen molar-refractivity contribution in [3.8, 4) is 17.2 Å². The molecular formula is C29H27FN2O6. The summed E-state index contributed by atoms with van der Waals surface area (Å²) in [7, 11) is 1.61. The lowest BCUT2D eigenvalue weighted by Crippen LogP contribution is -2.33. The molecule has 38 heavy (non-hydrogen) atoms. The molecule has 1 aliphatic heterocycles. The summed E-state index contributed by atoms with van der Waals surface area (Å²) in [6, 6.07) is 16.9. The average Bonchev–Trinajstić information content (AvgIpc) is 3.41. The van der Waals surface area contributed by atoms with Gasteiger partial charge in [0.1, 0.15) is 29.5 Å². The Hall–Kier alpha value is -4.37. The topological polar surface area (TPSA) is 101 Å². The maximum Gasteiger partial charge on any atom is 0.341 e. The number of ether oxygens (including phenoxy) is 2. The number of hydrogen-bond acceptors (Lipinski definition) is 6. The van der Waals surface area contributed by atoms with Gasteiger partial charge in [-0.05, 0) is 66.9 Å². The Morgan fingerprint density at radius 3 is 2.45 bits per heavy atom. The van der Waals surface area contributed by atoms with Gasteiger partial charge in [-0.15, -0.1) is 0 Å². The van der Waals surface area contributed by atoms with Gasteiger partial charge in [0.05, 0.1) is 31.0 Å². The third-order valence-electron chi connectivity index (χ3n) is 6.88. The summed E-state index contributed by atoms with van der Waals surface area (Å²) in [6.07, 6.45) is 2.80. The first-order valence-corrected chi connectivity index (χ1v) is 12.3. The summed E-state index contributed by atoms with van der Waals surface area (Å²) in [5, 5.41) is 19.3. The first-order chi connectivity index (χ1) is 18.4. The summed E-state index contributed by atoms with van der Waals surface area (Å²) in [4.78, 5) is 26.6. The zero-order valence-corrected chi connectivity index (χ0v) is 20.8. The predicted molar refractivity (Wildman–Crippen MR) is 141 cm³/mol. The molecule has 9 heteroatoms. The van der Waals surface area contributed by atoms with Crippen LogP contribution in [0.2, 0.25) is 0 Å². The Labute approximate surface area is 218 Å². The Bertz CT molecular complexity index is 1530. The van der Waals surface area contributed by atoms with E-state index in [1.807, 2.05) is 24.3 Å². The fraction of sp³-hybridized carbons (Fsp3) is 0.241. The number of nitrogens with zero attached hydrogens (tertiary/aromatic N) is 2. The number of aromatic nitrogens is 1. The van der Waals surface area contributed by atoms with Gasteiger partial charge in [-0.1, -0.05) is 12.1 Å². The highest BCUT2D eigenvalue weighted by Crippen LogP contribution is 2.32. The average molecular weight is 519 g/mol. The van der Waals surface area contributed by atoms with Crippen molar-refractivity contribution in [3.63, 3.8) is 0 Å². The Balaban J connectivity index is 1.52. The van der Waals surface area contributed by atoms with Crippen molar-refractivity contribution in [2.75, 3.05) is 25.2 Å². The number of anilines is 1. The molecule has 1 saturated heterocycles. The molecule has 4 aromatic rings. The van der Waals surface area contributed by atoms with Gasteiger partial charge in [0.15, 0.2) is 0 Å². The minimum Gasteiger partial charge on any atom is -0.497 e. The van der Waals surface area contributed by atoms with Gasteiger partial charge in [-0.25, -0.2) is 9.18 Å². The second kappa shape index (κ2) is 10.5. The van der Waals surface area contributed by atoms with Gasteiger partial charge in [-0.2, -0.15) is 0 Å². The van der Waals surface area contributed by atoms with E-state index in [-0.39, 0.29) is 23.7 Å². The molecule has 5 rings (SSSR count). The minimum atomic E-state index is -1.39. The molecule has 0 radical (unpaired) electrons. The normalized spacial score (nSPS) is 15.1. The number of rotatable bonds is 8. The van der Waals surface area contributed by atoms with Crippen molar-refractivity contribution in [2.45, 2.75) is 25.5 Å². The number of carbonyl (C=O) groups is 1. The molecule has 196 valence electrons. The Kier molecular flexibility index (Phi) is 7.02. The molecule has 1 unspecified atom stereocenters. The highest BCUT2D eigenvalue weighted by molar-refractivity contribution is 5.94. The van der Waals surface area contributed by atoms with Gasteiger partial charge < -0.3 is 29.2 Å². The molecule has 0 saturated carbocycles. The molecular weight excluding hydrogens is 491 g/mol. The maximum atomic E-state index is 15.2. The van der Waals surface area contributed by atoms with Crippen molar-refractivity contribution in [2.24, 2.45) is 0 Å². The third-order valence-corrected chi connectivity index (χ3v) is 6.88. The van der Waals surface area contributed by atoms with Crippen molar-refractivity contribution >= 4 is 22.6 Å². The first-order valence-electron chi connectivity index (χ1n) is 12.3. The second-order valence-corrected chi connectivity index (χ2v) is 9.17. The van der Waals surface area contributed by atoms with E-state index in [0.29, 0.717) is 30.1 Å². The highest BCUT2D eigenvalue weighted by atomic mass is 19.1. The lowest BCUT2D eigenvalue weighted by molar-refractivity contribution is 0.0695. The molecule has 1 aromatic heterocycles. The van der Waals surface area contributed by atoms with Crippen LogP contribution in [0.4, 0.5) is 10.1 Å². The van der Waals surface area contributed by atoms with E-state index in [4.69, 9.17) is 9.47 Å². The molecule has 2 N–H and O–H groups in total. The van der Waals surface area contributed by atoms with Gasteiger partial charge in [0.25, 0.3) is 0 Å². The van der Waals surface area contributed by atoms with E-state index in [2.05, 4.69) is 0 Å². The monoisotopic (exact) mass is 518 g/mol. The maximum absolute atomic E-state index is 15.2. The molecule has 1 atom stereocenters. The smallest absolute Gasteiger partial charge is 0.341 e. The van der Waals surface area contributed by atoms with Gasteiger partial charge in [-0.3, -0.25) is 4.79 Å². The second-order valence-electron chi connectivity index (χ2n) is 9.17. The van der Waals surface area contributed by atoms with Crippen LogP contribution in [0.5, 0.6) is 11.5 Å². The Morgan fingerprint density at radius 2 is 1.79 bits per heavy atom. The molecule has 0 amide bonds. The van der Waals surface area contributed by atoms with Crippen LogP contribution in [0.25, 0.3) is 16.6 Å². The van der Waals surface area contributed by atoms with Crippen LogP contribution in [0.1, 0.15) is 28.8 Å². The van der Waals surface area contributed by atoms with Crippen LogP contribution in [-0.4, -0.2) is 47.1 Å². The standard InChI is InChI=1S/C29H27FN2O6/c1-37-21-8-4-18(5-9-21)17-38-22-10-6-19(7-11-22)32-15-24(29(35)36)28(34)23-13-25(30)27(14-26(23)32)31-12-2-3-20(31)16-33/h4-11,13-15,20,33H,2-3,12,16-17H2,1H3,(H,35,36). The van der Waals surface area contributed by atoms with E-state index in [1.165, 1.54) is 6.20 Å². The van der Waals surface area contributed by atoms with Crippen LogP contribution >= 0.6 is 0 Å². The highest BCUT2D eigenvalue weighted by Gasteiger charge is 2.27. The number of carboxylic acid groups (broad SMARTS) is 1. The zero-order chi connectivity index (χ0) is 26.8. The minimum absolute atomic E-state index is 0.0364. The number of fused-ring (bicyclic) bond motifs is 1. The van der Waals surface area contributed by atoms with Gasteiger partial charge >= 0.3 is 5.97 Å². The fourth-order valence-electron chi connectivity index (χ4n) is 4.85. The van der Waals surface area contributed by atoms with Crippen LogP contribution < -0.4 is 19.8 Å². The molecule has 1 aliphatic rings. The van der Waals surface area contributed by atoms with Crippen molar-refractivity contribution in [1.29, 1.82) is 0 Å². The van der Waals surface area contributed by atoms with E-state index in [9.17, 15) is 19.8 Å². The van der Waals surface area contributed by atoms with Crippen LogP contribution in [0.3, 0.4) is 0 Å². The molecule has 8 nitrogen and oxygen atoms in total. The summed E-state index contributed by atoms with van der Waals surface area (Å²) in [6.45, 7) is 0.809. The summed E-state index contributed by atoms with van der Waals surface area (Å²) in [5.41, 5.74) is 0.960. The number of hydrogen-bond donors (Lipinski definition) is 2. The van der Waals surface area contributed by atoms with Crippen molar-refractivity contribution in [3.05, 3.63) is 94.0 Å². The van der Waals surface area contributed by atoms with Crippen molar-refractivity contribution in [1.82, 2.24) is 4.57 Å². The van der Waals surface area contributed by atoms with Crippen LogP contribution in [0.15, 0.2) is 71.7 Å². The van der Waals surface area contributed by atoms with Crippen molar-refractivity contribution < 1.29 is 28.9 Å². The number of benzene rings is 3. The number of aliphatic hydroxyl groups excluding tert-OH is 1. The quantitative estimate of drug-likeness (QED) is 0.357. The summed E-state index contributed by atoms with van der Waals surface area (Å²) < 4.78 is 27.8. The molecule has 0 aliphatic carbocycles. The molecule has 0 spiro atoms. The van der Waals surface area contributed by atoms with Crippen LogP contribution in [-0.2, 0) is 6.61 Å². The number of aliphatic hydroxyl groups is 1. The van der Waals surface area contributed by atoms with E-state index < -0.39 is 22.8 Å². The summed E-state index contributed by atoms with van der Waals surface area (Å²) >= 11 is 0. The molecule has 3 aromatic carbocycles. The third kappa shape index (κ3) is 4.80. The number of methoxy groups -OCH3 is 1. The SMILES string of the molecule is COc1ccc(COc2ccc(-n3cc(C(=O)O)c(=O)c4cc(F)c(N5CCCC5CO)cc43)cc2)cc1. The number of pyridine rings is 1. The zero-order valence-electron chi connectivity index (χ0n) is 20.8. The van der Waals surface area contributed by atoms with E-state index in [1.54, 1.807) is 46.9 Å². The predicted octanol–water partition coefficient (Wildman–Crippen LogP) is 4.38. The fourth-order valence-corrected chi connectivity index (χ4v) is 4.85. The van der Waals surface area contributed by atoms with E-state index >= 15 is 4.39 Å². The molecule has 0 bridgehead atoms. The van der Waals surface area contributed by atoms with Gasteiger partial charge in [0, 0.05) is 23.8 Å². The number of carboxylic acids is 1. The van der Waals surface area contributed by atoms with Crippen LogP contribution in [0, 0.1) is 5.82 Å². The lowest BCUT2D eigenvalue weighted by atomic mass is 10.1. The first kappa shape index (κ1) is 25.3. The van der Waals surface area contributed by atoms with E-state index in [0.717, 1.165) is 30.2 Å². The van der Waals surface area contributed by atoms with Gasteiger partial charge in [0.2, 0.25) is 5.43 Å². The number of halogens is 1.